The second-order valence-electron chi connectivity index (χ2n) is 3.75. The summed E-state index contributed by atoms with van der Waals surface area (Å²) in [6, 6.07) is 0.498. The molecule has 0 radical (unpaired) electrons. The van der Waals surface area contributed by atoms with E-state index in [9.17, 15) is 4.79 Å². The Morgan fingerprint density at radius 2 is 2.38 bits per heavy atom. The van der Waals surface area contributed by atoms with Crippen LogP contribution >= 0.6 is 15.9 Å². The average molecular weight is 249 g/mol. The Hall–Kier alpha value is -0.0900. The molecule has 1 atom stereocenters. The first-order valence-corrected chi connectivity index (χ1v) is 5.66. The summed E-state index contributed by atoms with van der Waals surface area (Å²) in [6.07, 6.45) is 0.654. The van der Waals surface area contributed by atoms with Crippen LogP contribution in [-0.4, -0.2) is 41.3 Å². The molecule has 1 N–H and O–H groups in total. The van der Waals surface area contributed by atoms with Crippen molar-refractivity contribution in [1.29, 1.82) is 0 Å². The van der Waals surface area contributed by atoms with E-state index >= 15 is 0 Å². The first-order valence-electron chi connectivity index (χ1n) is 4.75. The van der Waals surface area contributed by atoms with Crippen molar-refractivity contribution in [2.75, 3.05) is 19.6 Å². The zero-order valence-electron chi connectivity index (χ0n) is 8.22. The molecule has 0 aliphatic carbocycles. The molecule has 1 unspecified atom stereocenters. The number of halogens is 1. The molecular weight excluding hydrogens is 232 g/mol. The highest BCUT2D eigenvalue weighted by atomic mass is 79.9. The van der Waals surface area contributed by atoms with Gasteiger partial charge in [0.1, 0.15) is 0 Å². The fraction of sp³-hybridized carbons (Fsp3) is 0.889. The lowest BCUT2D eigenvalue weighted by atomic mass is 10.4. The number of rotatable bonds is 4. The minimum absolute atomic E-state index is 0.271. The van der Waals surface area contributed by atoms with Gasteiger partial charge in [0, 0.05) is 36.9 Å². The third-order valence-corrected chi connectivity index (χ3v) is 2.71. The molecular formula is C9H17BrN2O. The Labute approximate surface area is 88.0 Å². The predicted molar refractivity (Wildman–Crippen MR) is 57.1 cm³/mol. The van der Waals surface area contributed by atoms with Gasteiger partial charge in [-0.2, -0.15) is 0 Å². The standard InChI is InChI=1S/C9H17BrN2O/c1-7(2)11-3-4-12-6-8(10)5-9(12)13/h7-8,11H,3-6H2,1-2H3. The molecule has 1 amide bonds. The number of carbonyl (C=O) groups excluding carboxylic acids is 1. The maximum atomic E-state index is 11.3. The number of amides is 1. The summed E-state index contributed by atoms with van der Waals surface area (Å²) < 4.78 is 0. The van der Waals surface area contributed by atoms with Crippen LogP contribution in [0.3, 0.4) is 0 Å². The van der Waals surface area contributed by atoms with Crippen molar-refractivity contribution >= 4 is 21.8 Å². The Morgan fingerprint density at radius 1 is 1.69 bits per heavy atom. The SMILES string of the molecule is CC(C)NCCN1CC(Br)CC1=O. The van der Waals surface area contributed by atoms with Gasteiger partial charge >= 0.3 is 0 Å². The van der Waals surface area contributed by atoms with Crippen LogP contribution in [0.25, 0.3) is 0 Å². The van der Waals surface area contributed by atoms with Gasteiger partial charge in [-0.05, 0) is 0 Å². The average Bonchev–Trinajstić information content (AvgIpc) is 2.29. The predicted octanol–water partition coefficient (Wildman–Crippen LogP) is 0.980. The monoisotopic (exact) mass is 248 g/mol. The minimum atomic E-state index is 0.271. The molecule has 3 nitrogen and oxygen atoms in total. The number of likely N-dealkylation sites (tertiary alicyclic amines) is 1. The number of carbonyl (C=O) groups is 1. The van der Waals surface area contributed by atoms with Crippen LogP contribution in [0.15, 0.2) is 0 Å². The quantitative estimate of drug-likeness (QED) is 0.753. The van der Waals surface area contributed by atoms with Gasteiger partial charge in [0.15, 0.2) is 0 Å². The fourth-order valence-corrected chi connectivity index (χ4v) is 2.05. The second kappa shape index (κ2) is 4.96. The zero-order chi connectivity index (χ0) is 9.84. The number of hydrogen-bond donors (Lipinski definition) is 1. The van der Waals surface area contributed by atoms with E-state index in [1.807, 2.05) is 4.90 Å². The van der Waals surface area contributed by atoms with Crippen molar-refractivity contribution in [3.8, 4) is 0 Å². The van der Waals surface area contributed by atoms with Crippen LogP contribution in [0, 0.1) is 0 Å². The highest BCUT2D eigenvalue weighted by Crippen LogP contribution is 2.17. The third kappa shape index (κ3) is 3.65. The molecule has 1 saturated heterocycles. The van der Waals surface area contributed by atoms with E-state index in [0.717, 1.165) is 19.6 Å². The molecule has 1 heterocycles. The molecule has 13 heavy (non-hydrogen) atoms. The number of hydrogen-bond acceptors (Lipinski definition) is 2. The maximum Gasteiger partial charge on any atom is 0.223 e. The molecule has 0 bridgehead atoms. The van der Waals surface area contributed by atoms with E-state index in [0.29, 0.717) is 17.3 Å². The van der Waals surface area contributed by atoms with Crippen molar-refractivity contribution < 1.29 is 4.79 Å². The maximum absolute atomic E-state index is 11.3. The summed E-state index contributed by atoms with van der Waals surface area (Å²) in [7, 11) is 0. The van der Waals surface area contributed by atoms with Gasteiger partial charge in [-0.3, -0.25) is 4.79 Å². The van der Waals surface area contributed by atoms with E-state index in [-0.39, 0.29) is 5.91 Å². The van der Waals surface area contributed by atoms with Gasteiger partial charge in [0.25, 0.3) is 0 Å². The van der Waals surface area contributed by atoms with Gasteiger partial charge in [0.05, 0.1) is 0 Å². The Balaban J connectivity index is 2.18. The molecule has 0 aromatic heterocycles. The zero-order valence-corrected chi connectivity index (χ0v) is 9.80. The molecule has 1 aliphatic rings. The van der Waals surface area contributed by atoms with Crippen LogP contribution < -0.4 is 5.32 Å². The molecule has 0 saturated carbocycles. The molecule has 1 fully saturated rings. The molecule has 0 aromatic carbocycles. The normalized spacial score (nSPS) is 23.2. The first kappa shape index (κ1) is 11.0. The highest BCUT2D eigenvalue weighted by molar-refractivity contribution is 9.09. The Bertz CT molecular complexity index is 184. The van der Waals surface area contributed by atoms with Crippen molar-refractivity contribution in [2.45, 2.75) is 31.1 Å². The highest BCUT2D eigenvalue weighted by Gasteiger charge is 2.26. The summed E-state index contributed by atoms with van der Waals surface area (Å²) in [5, 5.41) is 3.30. The fourth-order valence-electron chi connectivity index (χ4n) is 1.43. The Morgan fingerprint density at radius 3 is 2.85 bits per heavy atom. The Kier molecular flexibility index (Phi) is 4.19. The summed E-state index contributed by atoms with van der Waals surface area (Å²) in [6.45, 7) is 6.80. The summed E-state index contributed by atoms with van der Waals surface area (Å²) in [5.41, 5.74) is 0. The second-order valence-corrected chi connectivity index (χ2v) is 5.04. The largest absolute Gasteiger partial charge is 0.340 e. The smallest absolute Gasteiger partial charge is 0.223 e. The molecule has 4 heteroatoms. The number of nitrogens with one attached hydrogen (secondary N) is 1. The van der Waals surface area contributed by atoms with E-state index in [4.69, 9.17) is 0 Å². The molecule has 0 spiro atoms. The van der Waals surface area contributed by atoms with Crippen LogP contribution in [0.2, 0.25) is 0 Å². The van der Waals surface area contributed by atoms with Gasteiger partial charge in [-0.25, -0.2) is 0 Å². The molecule has 0 aromatic rings. The molecule has 1 aliphatic heterocycles. The van der Waals surface area contributed by atoms with Crippen molar-refractivity contribution in [1.82, 2.24) is 10.2 Å². The lowest BCUT2D eigenvalue weighted by molar-refractivity contribution is -0.127. The van der Waals surface area contributed by atoms with Crippen molar-refractivity contribution in [2.24, 2.45) is 0 Å². The van der Waals surface area contributed by atoms with Gasteiger partial charge < -0.3 is 10.2 Å². The third-order valence-electron chi connectivity index (χ3n) is 2.10. The van der Waals surface area contributed by atoms with E-state index in [2.05, 4.69) is 35.1 Å². The molecule has 1 rings (SSSR count). The van der Waals surface area contributed by atoms with Crippen LogP contribution in [0.1, 0.15) is 20.3 Å². The number of nitrogens with zero attached hydrogens (tertiary/aromatic N) is 1. The van der Waals surface area contributed by atoms with Crippen LogP contribution in [-0.2, 0) is 4.79 Å². The molecule has 76 valence electrons. The lowest BCUT2D eigenvalue weighted by Gasteiger charge is -2.17. The summed E-state index contributed by atoms with van der Waals surface area (Å²) in [4.78, 5) is 13.6. The minimum Gasteiger partial charge on any atom is -0.340 e. The van der Waals surface area contributed by atoms with Crippen molar-refractivity contribution in [3.05, 3.63) is 0 Å². The number of alkyl halides is 1. The van der Waals surface area contributed by atoms with Gasteiger partial charge in [-0.1, -0.05) is 29.8 Å². The summed E-state index contributed by atoms with van der Waals surface area (Å²) in [5.74, 6) is 0.271. The summed E-state index contributed by atoms with van der Waals surface area (Å²) >= 11 is 3.46. The van der Waals surface area contributed by atoms with Gasteiger partial charge in [-0.15, -0.1) is 0 Å². The van der Waals surface area contributed by atoms with Gasteiger partial charge in [0.2, 0.25) is 5.91 Å². The van der Waals surface area contributed by atoms with E-state index in [1.54, 1.807) is 0 Å². The topological polar surface area (TPSA) is 32.3 Å². The van der Waals surface area contributed by atoms with Crippen LogP contribution in [0.5, 0.6) is 0 Å². The van der Waals surface area contributed by atoms with Crippen molar-refractivity contribution in [3.63, 3.8) is 0 Å². The lowest BCUT2D eigenvalue weighted by Crippen LogP contribution is -2.35. The van der Waals surface area contributed by atoms with E-state index in [1.165, 1.54) is 0 Å². The van der Waals surface area contributed by atoms with E-state index < -0.39 is 0 Å². The first-order chi connectivity index (χ1) is 6.09. The van der Waals surface area contributed by atoms with Crippen LogP contribution in [0.4, 0.5) is 0 Å².